The van der Waals surface area contributed by atoms with Crippen LogP contribution in [-0.4, -0.2) is 42.3 Å². The van der Waals surface area contributed by atoms with Crippen molar-refractivity contribution in [3.8, 4) is 11.3 Å². The SMILES string of the molecule is O=C(OCCOC1CCCCO1)c1cc(-c2ccccc2)n[nH]1. The molecule has 1 aromatic heterocycles. The van der Waals surface area contributed by atoms with Crippen molar-refractivity contribution >= 4 is 5.97 Å². The standard InChI is InChI=1S/C17H20N2O4/c20-17(23-11-10-22-16-8-4-5-9-21-16)15-12-14(18-19-15)13-6-2-1-3-7-13/h1-3,6-7,12,16H,4-5,8-11H2,(H,18,19). The number of rotatable bonds is 6. The number of hydrogen-bond acceptors (Lipinski definition) is 5. The highest BCUT2D eigenvalue weighted by molar-refractivity contribution is 5.88. The zero-order valence-electron chi connectivity index (χ0n) is 12.9. The Morgan fingerprint density at radius 1 is 1.26 bits per heavy atom. The van der Waals surface area contributed by atoms with Crippen molar-refractivity contribution in [2.45, 2.75) is 25.6 Å². The van der Waals surface area contributed by atoms with Crippen molar-refractivity contribution in [3.05, 3.63) is 42.1 Å². The number of H-pyrrole nitrogens is 1. The van der Waals surface area contributed by atoms with Gasteiger partial charge >= 0.3 is 5.97 Å². The second kappa shape index (κ2) is 7.89. The van der Waals surface area contributed by atoms with E-state index in [2.05, 4.69) is 10.2 Å². The summed E-state index contributed by atoms with van der Waals surface area (Å²) in [6, 6.07) is 11.3. The molecule has 0 spiro atoms. The van der Waals surface area contributed by atoms with Gasteiger partial charge in [-0.2, -0.15) is 5.10 Å². The molecule has 0 bridgehead atoms. The number of hydrogen-bond donors (Lipinski definition) is 1. The predicted molar refractivity (Wildman–Crippen MR) is 83.8 cm³/mol. The fourth-order valence-electron chi connectivity index (χ4n) is 2.42. The first-order chi connectivity index (χ1) is 11.3. The lowest BCUT2D eigenvalue weighted by molar-refractivity contribution is -0.166. The van der Waals surface area contributed by atoms with E-state index in [1.54, 1.807) is 6.07 Å². The van der Waals surface area contributed by atoms with E-state index in [1.807, 2.05) is 30.3 Å². The number of nitrogens with one attached hydrogen (secondary N) is 1. The molecular formula is C17H20N2O4. The number of carbonyl (C=O) groups is 1. The molecule has 0 saturated carbocycles. The van der Waals surface area contributed by atoms with Crippen LogP contribution in [0.5, 0.6) is 0 Å². The van der Waals surface area contributed by atoms with Gasteiger partial charge in [-0.15, -0.1) is 0 Å². The molecule has 1 N–H and O–H groups in total. The van der Waals surface area contributed by atoms with Crippen molar-refractivity contribution in [1.82, 2.24) is 10.2 Å². The number of esters is 1. The fraction of sp³-hybridized carbons (Fsp3) is 0.412. The van der Waals surface area contributed by atoms with E-state index < -0.39 is 5.97 Å². The first-order valence-electron chi connectivity index (χ1n) is 7.84. The second-order valence-corrected chi connectivity index (χ2v) is 5.34. The first-order valence-corrected chi connectivity index (χ1v) is 7.84. The molecule has 1 saturated heterocycles. The van der Waals surface area contributed by atoms with Crippen molar-refractivity contribution in [2.75, 3.05) is 19.8 Å². The summed E-state index contributed by atoms with van der Waals surface area (Å²) in [7, 11) is 0. The molecule has 6 nitrogen and oxygen atoms in total. The highest BCUT2D eigenvalue weighted by Gasteiger charge is 2.15. The van der Waals surface area contributed by atoms with Gasteiger partial charge in [0, 0.05) is 12.2 Å². The van der Waals surface area contributed by atoms with Crippen molar-refractivity contribution in [1.29, 1.82) is 0 Å². The van der Waals surface area contributed by atoms with Crippen LogP contribution < -0.4 is 0 Å². The maximum absolute atomic E-state index is 12.0. The number of carbonyl (C=O) groups excluding carboxylic acids is 1. The van der Waals surface area contributed by atoms with Crippen LogP contribution in [0.3, 0.4) is 0 Å². The Labute approximate surface area is 134 Å². The van der Waals surface area contributed by atoms with E-state index in [1.165, 1.54) is 0 Å². The maximum Gasteiger partial charge on any atom is 0.356 e. The number of nitrogens with zero attached hydrogens (tertiary/aromatic N) is 1. The summed E-state index contributed by atoms with van der Waals surface area (Å²) in [6.45, 7) is 1.26. The van der Waals surface area contributed by atoms with Gasteiger partial charge in [-0.1, -0.05) is 30.3 Å². The minimum Gasteiger partial charge on any atom is -0.459 e. The molecular weight excluding hydrogens is 296 g/mol. The number of aromatic nitrogens is 2. The quantitative estimate of drug-likeness (QED) is 0.655. The molecule has 1 atom stereocenters. The highest BCUT2D eigenvalue weighted by atomic mass is 16.7. The molecule has 6 heteroatoms. The molecule has 1 aliphatic heterocycles. The van der Waals surface area contributed by atoms with Gasteiger partial charge in [0.25, 0.3) is 0 Å². The van der Waals surface area contributed by atoms with Crippen molar-refractivity contribution in [2.24, 2.45) is 0 Å². The lowest BCUT2D eigenvalue weighted by Gasteiger charge is -2.22. The average molecular weight is 316 g/mol. The Kier molecular flexibility index (Phi) is 5.39. The smallest absolute Gasteiger partial charge is 0.356 e. The van der Waals surface area contributed by atoms with Crippen molar-refractivity contribution in [3.63, 3.8) is 0 Å². The molecule has 1 unspecified atom stereocenters. The van der Waals surface area contributed by atoms with Crippen LogP contribution in [0.15, 0.2) is 36.4 Å². The van der Waals surface area contributed by atoms with Gasteiger partial charge in [-0.05, 0) is 25.3 Å². The van der Waals surface area contributed by atoms with Gasteiger partial charge in [0.15, 0.2) is 6.29 Å². The van der Waals surface area contributed by atoms with Crippen LogP contribution in [0.25, 0.3) is 11.3 Å². The summed E-state index contributed by atoms with van der Waals surface area (Å²) in [5, 5.41) is 6.84. The van der Waals surface area contributed by atoms with E-state index in [9.17, 15) is 4.79 Å². The van der Waals surface area contributed by atoms with Crippen LogP contribution in [0.1, 0.15) is 29.8 Å². The third-order valence-corrected chi connectivity index (χ3v) is 3.63. The number of benzene rings is 1. The molecule has 0 radical (unpaired) electrons. The Bertz CT molecular complexity index is 621. The van der Waals surface area contributed by atoms with Crippen LogP contribution >= 0.6 is 0 Å². The topological polar surface area (TPSA) is 73.4 Å². The molecule has 2 aromatic rings. The Hall–Kier alpha value is -2.18. The van der Waals surface area contributed by atoms with E-state index in [-0.39, 0.29) is 12.9 Å². The van der Waals surface area contributed by atoms with Gasteiger partial charge < -0.3 is 14.2 Å². The molecule has 0 aliphatic carbocycles. The van der Waals surface area contributed by atoms with Gasteiger partial charge in [0.1, 0.15) is 12.3 Å². The fourth-order valence-corrected chi connectivity index (χ4v) is 2.42. The monoisotopic (exact) mass is 316 g/mol. The van der Waals surface area contributed by atoms with Gasteiger partial charge in [0.05, 0.1) is 12.3 Å². The summed E-state index contributed by atoms with van der Waals surface area (Å²) in [5.74, 6) is -0.437. The Morgan fingerprint density at radius 2 is 2.13 bits per heavy atom. The van der Waals surface area contributed by atoms with Gasteiger partial charge in [-0.25, -0.2) is 4.79 Å². The van der Waals surface area contributed by atoms with Crippen LogP contribution in [0.4, 0.5) is 0 Å². The van der Waals surface area contributed by atoms with Gasteiger partial charge in [-0.3, -0.25) is 5.10 Å². The lowest BCUT2D eigenvalue weighted by atomic mass is 10.1. The van der Waals surface area contributed by atoms with Crippen LogP contribution in [0, 0.1) is 0 Å². The zero-order valence-corrected chi connectivity index (χ0v) is 12.9. The third kappa shape index (κ3) is 4.40. The summed E-state index contributed by atoms with van der Waals surface area (Å²) < 4.78 is 16.1. The van der Waals surface area contributed by atoms with Crippen molar-refractivity contribution < 1.29 is 19.0 Å². The summed E-state index contributed by atoms with van der Waals surface area (Å²) in [4.78, 5) is 12.0. The second-order valence-electron chi connectivity index (χ2n) is 5.34. The molecule has 0 amide bonds. The molecule has 1 aromatic carbocycles. The van der Waals surface area contributed by atoms with E-state index >= 15 is 0 Å². The molecule has 3 rings (SSSR count). The summed E-state index contributed by atoms with van der Waals surface area (Å²) in [6.07, 6.45) is 2.92. The van der Waals surface area contributed by atoms with Crippen LogP contribution in [0.2, 0.25) is 0 Å². The number of ether oxygens (including phenoxy) is 3. The molecule has 23 heavy (non-hydrogen) atoms. The van der Waals surface area contributed by atoms with Crippen LogP contribution in [-0.2, 0) is 14.2 Å². The molecule has 2 heterocycles. The Balaban J connectivity index is 1.44. The van der Waals surface area contributed by atoms with E-state index in [0.29, 0.717) is 18.0 Å². The lowest BCUT2D eigenvalue weighted by Crippen LogP contribution is -2.24. The molecule has 1 aliphatic rings. The predicted octanol–water partition coefficient (Wildman–Crippen LogP) is 2.78. The third-order valence-electron chi connectivity index (χ3n) is 3.63. The molecule has 122 valence electrons. The minimum absolute atomic E-state index is 0.167. The largest absolute Gasteiger partial charge is 0.459 e. The van der Waals surface area contributed by atoms with Gasteiger partial charge in [0.2, 0.25) is 0 Å². The first kappa shape index (κ1) is 15.7. The maximum atomic E-state index is 12.0. The number of aromatic amines is 1. The Morgan fingerprint density at radius 3 is 2.91 bits per heavy atom. The zero-order chi connectivity index (χ0) is 15.9. The van der Waals surface area contributed by atoms with E-state index in [4.69, 9.17) is 14.2 Å². The summed E-state index contributed by atoms with van der Waals surface area (Å²) >= 11 is 0. The van der Waals surface area contributed by atoms with E-state index in [0.717, 1.165) is 31.4 Å². The summed E-state index contributed by atoms with van der Waals surface area (Å²) in [5.41, 5.74) is 1.99. The molecule has 1 fully saturated rings. The average Bonchev–Trinajstić information content (AvgIpc) is 3.10. The normalized spacial score (nSPS) is 17.8. The minimum atomic E-state index is -0.437. The highest BCUT2D eigenvalue weighted by Crippen LogP contribution is 2.17.